The highest BCUT2D eigenvalue weighted by molar-refractivity contribution is 5.77. The van der Waals surface area contributed by atoms with Crippen molar-refractivity contribution >= 4 is 11.9 Å². The summed E-state index contributed by atoms with van der Waals surface area (Å²) in [6.07, 6.45) is -8.50. The zero-order chi connectivity index (χ0) is 21.8. The number of carbonyl (C=O) groups excluding carboxylic acids is 1. The van der Waals surface area contributed by atoms with Gasteiger partial charge in [0.2, 0.25) is 5.91 Å². The van der Waals surface area contributed by atoms with Crippen molar-refractivity contribution in [2.75, 3.05) is 6.61 Å². The summed E-state index contributed by atoms with van der Waals surface area (Å²) < 4.78 is 34.6. The predicted molar refractivity (Wildman–Crippen MR) is 95.0 cm³/mol. The molecule has 0 aliphatic carbocycles. The van der Waals surface area contributed by atoms with Gasteiger partial charge in [-0.3, -0.25) is 4.79 Å². The molecule has 0 spiro atoms. The fourth-order valence-corrected chi connectivity index (χ4v) is 3.20. The summed E-state index contributed by atoms with van der Waals surface area (Å²) in [5, 5.41) is 43.2. The van der Waals surface area contributed by atoms with Crippen molar-refractivity contribution in [1.82, 2.24) is 10.6 Å². The Morgan fingerprint density at radius 3 is 2.38 bits per heavy atom. The highest BCUT2D eigenvalue weighted by atomic mass is 19.2. The number of nitrogens with one attached hydrogen (secondary N) is 2. The molecule has 11 heteroatoms. The standard InChI is InChI=1S/C18H24F2N2O7/c1-9(24)22-12-13(21-7-10-5-3-2-4-6-10)16(19)18(20,17(27)28)29-15(12)14(26)11(25)8-23/h2-6,11-16,21,23,25-26H,7-8H2,1H3,(H,22,24)(H,27,28)/t11-,12?,13?,14-,15?,16?,18-/m1/s1. The molecule has 0 bridgehead atoms. The van der Waals surface area contributed by atoms with Gasteiger partial charge in [0.15, 0.2) is 6.17 Å². The van der Waals surface area contributed by atoms with E-state index in [1.54, 1.807) is 30.3 Å². The Bertz CT molecular complexity index is 711. The lowest BCUT2D eigenvalue weighted by molar-refractivity contribution is -0.278. The van der Waals surface area contributed by atoms with Crippen molar-refractivity contribution in [1.29, 1.82) is 0 Å². The van der Waals surface area contributed by atoms with E-state index in [0.29, 0.717) is 5.56 Å². The van der Waals surface area contributed by atoms with E-state index in [2.05, 4.69) is 10.6 Å². The van der Waals surface area contributed by atoms with E-state index in [9.17, 15) is 33.7 Å². The second-order valence-electron chi connectivity index (χ2n) is 6.79. The number of hydrogen-bond acceptors (Lipinski definition) is 7. The molecule has 1 aromatic carbocycles. The van der Waals surface area contributed by atoms with Gasteiger partial charge in [0.25, 0.3) is 0 Å². The molecular weight excluding hydrogens is 394 g/mol. The maximum absolute atomic E-state index is 15.0. The van der Waals surface area contributed by atoms with Crippen LogP contribution in [0.1, 0.15) is 12.5 Å². The third-order valence-corrected chi connectivity index (χ3v) is 4.68. The number of carboxylic acids is 1. The normalized spacial score (nSPS) is 31.7. The van der Waals surface area contributed by atoms with Crippen LogP contribution in [0.2, 0.25) is 0 Å². The van der Waals surface area contributed by atoms with Gasteiger partial charge in [-0.1, -0.05) is 30.3 Å². The fourth-order valence-electron chi connectivity index (χ4n) is 3.20. The molecule has 162 valence electrons. The van der Waals surface area contributed by atoms with Crippen LogP contribution in [0.5, 0.6) is 0 Å². The van der Waals surface area contributed by atoms with Gasteiger partial charge in [0.1, 0.15) is 18.3 Å². The minimum Gasteiger partial charge on any atom is -0.477 e. The van der Waals surface area contributed by atoms with Crippen LogP contribution < -0.4 is 10.6 Å². The van der Waals surface area contributed by atoms with Crippen molar-refractivity contribution in [3.63, 3.8) is 0 Å². The molecule has 1 saturated heterocycles. The first-order valence-corrected chi connectivity index (χ1v) is 8.87. The van der Waals surface area contributed by atoms with Crippen LogP contribution in [0.4, 0.5) is 8.78 Å². The lowest BCUT2D eigenvalue weighted by Crippen LogP contribution is -2.74. The van der Waals surface area contributed by atoms with E-state index in [1.165, 1.54) is 0 Å². The van der Waals surface area contributed by atoms with Crippen LogP contribution >= 0.6 is 0 Å². The molecule has 1 heterocycles. The maximum atomic E-state index is 15.0. The molecule has 2 rings (SSSR count). The van der Waals surface area contributed by atoms with E-state index in [4.69, 9.17) is 9.84 Å². The second kappa shape index (κ2) is 9.55. The van der Waals surface area contributed by atoms with Crippen molar-refractivity contribution in [2.45, 2.75) is 55.9 Å². The highest BCUT2D eigenvalue weighted by Crippen LogP contribution is 2.36. The van der Waals surface area contributed by atoms with E-state index < -0.39 is 60.9 Å². The Morgan fingerprint density at radius 2 is 1.86 bits per heavy atom. The SMILES string of the molecule is CC(=O)NC1C(NCc2ccccc2)C(F)[C@](F)(C(=O)O)OC1[C@H](O)[C@H](O)CO. The Balaban J connectivity index is 2.41. The molecule has 7 atom stereocenters. The Morgan fingerprint density at radius 1 is 1.24 bits per heavy atom. The van der Waals surface area contributed by atoms with Crippen molar-refractivity contribution < 1.29 is 43.5 Å². The first-order chi connectivity index (χ1) is 13.6. The topological polar surface area (TPSA) is 148 Å². The van der Waals surface area contributed by atoms with Crippen molar-refractivity contribution in [3.8, 4) is 0 Å². The molecule has 4 unspecified atom stereocenters. The number of ether oxygens (including phenoxy) is 1. The average Bonchev–Trinajstić information content (AvgIpc) is 2.69. The maximum Gasteiger partial charge on any atom is 0.372 e. The lowest BCUT2D eigenvalue weighted by atomic mass is 9.85. The minimum atomic E-state index is -3.86. The molecule has 1 fully saturated rings. The Kier molecular flexibility index (Phi) is 7.60. The largest absolute Gasteiger partial charge is 0.477 e. The Labute approximate surface area is 165 Å². The number of benzene rings is 1. The molecular formula is C18H24F2N2O7. The molecule has 1 aliphatic heterocycles. The molecule has 6 N–H and O–H groups in total. The number of carboxylic acid groups (broad SMARTS) is 1. The second-order valence-corrected chi connectivity index (χ2v) is 6.79. The van der Waals surface area contributed by atoms with Gasteiger partial charge in [0, 0.05) is 13.5 Å². The van der Waals surface area contributed by atoms with Crippen LogP contribution in [0.15, 0.2) is 30.3 Å². The number of amides is 1. The molecule has 0 saturated carbocycles. The van der Waals surface area contributed by atoms with Crippen LogP contribution in [0.3, 0.4) is 0 Å². The zero-order valence-electron chi connectivity index (χ0n) is 15.5. The quantitative estimate of drug-likeness (QED) is 0.310. The molecule has 1 aliphatic rings. The minimum absolute atomic E-state index is 0.0108. The summed E-state index contributed by atoms with van der Waals surface area (Å²) in [4.78, 5) is 23.0. The first kappa shape index (κ1) is 23.1. The number of aliphatic carboxylic acids is 1. The van der Waals surface area contributed by atoms with Gasteiger partial charge >= 0.3 is 11.8 Å². The number of carbonyl (C=O) groups is 2. The number of alkyl halides is 2. The van der Waals surface area contributed by atoms with Crippen LogP contribution in [0, 0.1) is 0 Å². The monoisotopic (exact) mass is 418 g/mol. The van der Waals surface area contributed by atoms with Gasteiger partial charge < -0.3 is 35.8 Å². The summed E-state index contributed by atoms with van der Waals surface area (Å²) in [6.45, 7) is 0.117. The third-order valence-electron chi connectivity index (χ3n) is 4.68. The van der Waals surface area contributed by atoms with E-state index >= 15 is 0 Å². The molecule has 0 radical (unpaired) electrons. The Hall–Kier alpha value is -2.18. The predicted octanol–water partition coefficient (Wildman–Crippen LogP) is -1.15. The van der Waals surface area contributed by atoms with Gasteiger partial charge in [-0.05, 0) is 5.56 Å². The van der Waals surface area contributed by atoms with Crippen molar-refractivity contribution in [2.24, 2.45) is 0 Å². The van der Waals surface area contributed by atoms with Crippen LogP contribution in [0.25, 0.3) is 0 Å². The molecule has 1 amide bonds. The first-order valence-electron chi connectivity index (χ1n) is 8.87. The van der Waals surface area contributed by atoms with Crippen LogP contribution in [-0.2, 0) is 20.9 Å². The van der Waals surface area contributed by atoms with Crippen molar-refractivity contribution in [3.05, 3.63) is 35.9 Å². The van der Waals surface area contributed by atoms with Gasteiger partial charge in [-0.15, -0.1) is 0 Å². The molecule has 9 nitrogen and oxygen atoms in total. The highest BCUT2D eigenvalue weighted by Gasteiger charge is 2.62. The number of aliphatic hydroxyl groups is 3. The zero-order valence-corrected chi connectivity index (χ0v) is 15.5. The average molecular weight is 418 g/mol. The van der Waals surface area contributed by atoms with E-state index in [-0.39, 0.29) is 6.54 Å². The fraction of sp³-hybridized carbons (Fsp3) is 0.556. The number of rotatable bonds is 8. The number of hydrogen-bond donors (Lipinski definition) is 6. The van der Waals surface area contributed by atoms with Gasteiger partial charge in [-0.25, -0.2) is 9.18 Å². The summed E-state index contributed by atoms with van der Waals surface area (Å²) in [6, 6.07) is 5.45. The van der Waals surface area contributed by atoms with E-state index in [1.807, 2.05) is 0 Å². The summed E-state index contributed by atoms with van der Waals surface area (Å²) in [5.74, 6) is -6.81. The molecule has 29 heavy (non-hydrogen) atoms. The van der Waals surface area contributed by atoms with Crippen LogP contribution in [-0.4, -0.2) is 81.3 Å². The summed E-state index contributed by atoms with van der Waals surface area (Å²) in [7, 11) is 0. The summed E-state index contributed by atoms with van der Waals surface area (Å²) in [5.41, 5.74) is 0.667. The number of halogens is 2. The molecule has 0 aromatic heterocycles. The lowest BCUT2D eigenvalue weighted by Gasteiger charge is -2.47. The van der Waals surface area contributed by atoms with E-state index in [0.717, 1.165) is 6.92 Å². The van der Waals surface area contributed by atoms with Gasteiger partial charge in [0.05, 0.1) is 18.7 Å². The third kappa shape index (κ3) is 5.06. The molecule has 1 aromatic rings. The smallest absolute Gasteiger partial charge is 0.372 e. The summed E-state index contributed by atoms with van der Waals surface area (Å²) >= 11 is 0. The number of aliphatic hydroxyl groups excluding tert-OH is 3. The van der Waals surface area contributed by atoms with Gasteiger partial charge in [-0.2, -0.15) is 4.39 Å².